The van der Waals surface area contributed by atoms with Crippen LogP contribution in [0.1, 0.15) is 26.0 Å². The second-order valence-electron chi connectivity index (χ2n) is 9.22. The van der Waals surface area contributed by atoms with Crippen molar-refractivity contribution >= 4 is 34.9 Å². The van der Waals surface area contributed by atoms with Crippen molar-refractivity contribution in [3.8, 4) is 0 Å². The first-order valence-corrected chi connectivity index (χ1v) is 11.8. The van der Waals surface area contributed by atoms with Gasteiger partial charge < -0.3 is 24.8 Å². The van der Waals surface area contributed by atoms with Crippen molar-refractivity contribution in [3.05, 3.63) is 47.5 Å². The molecule has 33 heavy (non-hydrogen) atoms. The van der Waals surface area contributed by atoms with Crippen molar-refractivity contribution in [2.24, 2.45) is 5.92 Å². The average Bonchev–Trinajstić information content (AvgIpc) is 3.02. The molecule has 0 aliphatic carbocycles. The number of halogens is 1. The third-order valence-electron chi connectivity index (χ3n) is 6.38. The van der Waals surface area contributed by atoms with E-state index in [1.54, 1.807) is 6.20 Å². The molecule has 1 amide bonds. The van der Waals surface area contributed by atoms with E-state index >= 15 is 0 Å². The van der Waals surface area contributed by atoms with Gasteiger partial charge in [-0.05, 0) is 38.9 Å². The van der Waals surface area contributed by atoms with Gasteiger partial charge in [-0.15, -0.1) is 0 Å². The number of rotatable bonds is 5. The topological polar surface area (TPSA) is 90.7 Å². The molecule has 0 spiro atoms. The number of carbonyl (C=O) groups is 1. The zero-order valence-electron chi connectivity index (χ0n) is 19.0. The normalized spacial score (nSPS) is 17.7. The molecular weight excluding hydrogens is 440 g/mol. The highest BCUT2D eigenvalue weighted by atomic mass is 35.5. The van der Waals surface area contributed by atoms with Crippen molar-refractivity contribution in [1.82, 2.24) is 30.0 Å². The minimum atomic E-state index is -0.557. The predicted molar refractivity (Wildman–Crippen MR) is 129 cm³/mol. The molecule has 0 aromatic carbocycles. The van der Waals surface area contributed by atoms with Crippen LogP contribution in [0.5, 0.6) is 0 Å². The molecule has 0 unspecified atom stereocenters. The number of pyridine rings is 1. The summed E-state index contributed by atoms with van der Waals surface area (Å²) in [6, 6.07) is 5.86. The van der Waals surface area contributed by atoms with Gasteiger partial charge in [0, 0.05) is 38.9 Å². The van der Waals surface area contributed by atoms with Gasteiger partial charge in [-0.25, -0.2) is 9.97 Å². The van der Waals surface area contributed by atoms with Crippen LogP contribution < -0.4 is 20.4 Å². The van der Waals surface area contributed by atoms with E-state index in [0.717, 1.165) is 43.9 Å². The van der Waals surface area contributed by atoms with E-state index in [9.17, 15) is 4.79 Å². The first-order chi connectivity index (χ1) is 15.9. The zero-order valence-corrected chi connectivity index (χ0v) is 19.7. The van der Waals surface area contributed by atoms with Gasteiger partial charge in [0.15, 0.2) is 5.82 Å². The van der Waals surface area contributed by atoms with Crippen molar-refractivity contribution in [1.29, 1.82) is 0 Å². The molecule has 0 bridgehead atoms. The summed E-state index contributed by atoms with van der Waals surface area (Å²) in [6.45, 7) is 8.85. The molecule has 0 radical (unpaired) electrons. The highest BCUT2D eigenvalue weighted by Crippen LogP contribution is 2.31. The summed E-state index contributed by atoms with van der Waals surface area (Å²) in [4.78, 5) is 30.9. The molecule has 5 rings (SSSR count). The number of carbonyl (C=O) groups excluding carboxylic acids is 1. The molecule has 2 aliphatic heterocycles. The summed E-state index contributed by atoms with van der Waals surface area (Å²) >= 11 is 6.42. The number of hydrogen-bond donors (Lipinski definition) is 2. The van der Waals surface area contributed by atoms with Crippen LogP contribution in [0.3, 0.4) is 0 Å². The SMILES string of the molecule is CC(C)(NC(=O)C1CN(c2nc(N3CCCNCC3)ncc2Cl)C1)c1cnc2ccccn12. The first-order valence-electron chi connectivity index (χ1n) is 11.4. The maximum atomic E-state index is 13.0. The summed E-state index contributed by atoms with van der Waals surface area (Å²) in [6.07, 6.45) is 6.50. The molecule has 174 valence electrons. The number of nitrogens with zero attached hydrogens (tertiary/aromatic N) is 6. The van der Waals surface area contributed by atoms with E-state index in [2.05, 4.69) is 30.4 Å². The summed E-state index contributed by atoms with van der Waals surface area (Å²) in [5.41, 5.74) is 1.25. The Labute approximate surface area is 198 Å². The second-order valence-corrected chi connectivity index (χ2v) is 9.63. The van der Waals surface area contributed by atoms with E-state index in [1.807, 2.05) is 48.8 Å². The van der Waals surface area contributed by atoms with Crippen LogP contribution >= 0.6 is 11.6 Å². The summed E-state index contributed by atoms with van der Waals surface area (Å²) in [5, 5.41) is 7.10. The van der Waals surface area contributed by atoms with Crippen LogP contribution in [0, 0.1) is 5.92 Å². The van der Waals surface area contributed by atoms with Crippen LogP contribution in [0.15, 0.2) is 36.8 Å². The molecule has 3 aromatic rings. The molecule has 2 saturated heterocycles. The Morgan fingerprint density at radius 2 is 2.00 bits per heavy atom. The number of imidazole rings is 1. The highest BCUT2D eigenvalue weighted by Gasteiger charge is 2.38. The number of amides is 1. The number of nitrogens with one attached hydrogen (secondary N) is 2. The van der Waals surface area contributed by atoms with Crippen molar-refractivity contribution in [2.45, 2.75) is 25.8 Å². The highest BCUT2D eigenvalue weighted by molar-refractivity contribution is 6.32. The first kappa shape index (κ1) is 21.9. The Balaban J connectivity index is 1.24. The molecule has 0 saturated carbocycles. The van der Waals surface area contributed by atoms with E-state index < -0.39 is 5.54 Å². The zero-order chi connectivity index (χ0) is 23.0. The van der Waals surface area contributed by atoms with Gasteiger partial charge in [-0.2, -0.15) is 4.98 Å². The Morgan fingerprint density at radius 3 is 2.85 bits per heavy atom. The predicted octanol–water partition coefficient (Wildman–Crippen LogP) is 2.07. The maximum absolute atomic E-state index is 13.0. The molecule has 2 fully saturated rings. The summed E-state index contributed by atoms with van der Waals surface area (Å²) in [7, 11) is 0. The quantitative estimate of drug-likeness (QED) is 0.592. The maximum Gasteiger partial charge on any atom is 0.227 e. The van der Waals surface area contributed by atoms with Crippen molar-refractivity contribution in [3.63, 3.8) is 0 Å². The molecular formula is C23H29ClN8O. The number of aromatic nitrogens is 4. The van der Waals surface area contributed by atoms with Crippen molar-refractivity contribution in [2.75, 3.05) is 49.1 Å². The Morgan fingerprint density at radius 1 is 1.15 bits per heavy atom. The number of anilines is 2. The Kier molecular flexibility index (Phi) is 5.84. The third kappa shape index (κ3) is 4.35. The number of fused-ring (bicyclic) bond motifs is 1. The summed E-state index contributed by atoms with van der Waals surface area (Å²) in [5.74, 6) is 1.29. The summed E-state index contributed by atoms with van der Waals surface area (Å²) < 4.78 is 2.01. The van der Waals surface area contributed by atoms with Crippen LogP contribution in [-0.4, -0.2) is 64.5 Å². The largest absolute Gasteiger partial charge is 0.353 e. The van der Waals surface area contributed by atoms with Gasteiger partial charge in [-0.1, -0.05) is 17.7 Å². The van der Waals surface area contributed by atoms with Crippen LogP contribution in [0.25, 0.3) is 5.65 Å². The lowest BCUT2D eigenvalue weighted by Gasteiger charge is -2.41. The Hall–Kier alpha value is -2.91. The van der Waals surface area contributed by atoms with Crippen molar-refractivity contribution < 1.29 is 4.79 Å². The van der Waals surface area contributed by atoms with Crippen LogP contribution in [0.2, 0.25) is 5.02 Å². The second kappa shape index (κ2) is 8.79. The van der Waals surface area contributed by atoms with Crippen LogP contribution in [-0.2, 0) is 10.3 Å². The third-order valence-corrected chi connectivity index (χ3v) is 6.65. The molecule has 2 N–H and O–H groups in total. The molecule has 3 aromatic heterocycles. The minimum Gasteiger partial charge on any atom is -0.353 e. The van der Waals surface area contributed by atoms with Gasteiger partial charge in [0.2, 0.25) is 11.9 Å². The van der Waals surface area contributed by atoms with E-state index in [4.69, 9.17) is 16.6 Å². The van der Waals surface area contributed by atoms with Gasteiger partial charge in [0.1, 0.15) is 10.7 Å². The van der Waals surface area contributed by atoms with E-state index in [0.29, 0.717) is 29.9 Å². The fourth-order valence-corrected chi connectivity index (χ4v) is 4.67. The fraction of sp³-hybridized carbons (Fsp3) is 0.478. The monoisotopic (exact) mass is 468 g/mol. The smallest absolute Gasteiger partial charge is 0.227 e. The van der Waals surface area contributed by atoms with Gasteiger partial charge in [0.25, 0.3) is 0 Å². The van der Waals surface area contributed by atoms with E-state index in [1.165, 1.54) is 0 Å². The molecule has 10 heteroatoms. The molecule has 0 atom stereocenters. The molecule has 9 nitrogen and oxygen atoms in total. The Bertz CT molecular complexity index is 1150. The lowest BCUT2D eigenvalue weighted by atomic mass is 9.95. The minimum absolute atomic E-state index is 0.0196. The van der Waals surface area contributed by atoms with E-state index in [-0.39, 0.29) is 11.8 Å². The average molecular weight is 469 g/mol. The standard InChI is InChI=1S/C23H29ClN8O/c1-23(2,18-13-26-19-6-3-4-10-32(18)19)29-21(33)16-14-31(15-16)20-17(24)12-27-22(28-20)30-9-5-7-25-8-11-30/h3-4,6,10,12-13,16,25H,5,7-9,11,14-15H2,1-2H3,(H,29,33). The molecule has 2 aliphatic rings. The lowest BCUT2D eigenvalue weighted by molar-refractivity contribution is -0.127. The van der Waals surface area contributed by atoms with Gasteiger partial charge >= 0.3 is 0 Å². The lowest BCUT2D eigenvalue weighted by Crippen LogP contribution is -2.57. The van der Waals surface area contributed by atoms with Crippen LogP contribution in [0.4, 0.5) is 11.8 Å². The molecule has 5 heterocycles. The van der Waals surface area contributed by atoms with Gasteiger partial charge in [-0.3, -0.25) is 4.79 Å². The number of hydrogen-bond acceptors (Lipinski definition) is 7. The fourth-order valence-electron chi connectivity index (χ4n) is 4.46. The van der Waals surface area contributed by atoms with Gasteiger partial charge in [0.05, 0.1) is 29.5 Å².